The average molecular weight is 266 g/mol. The number of unbranched alkanes of at least 4 members (excludes halogenated alkanes) is 5. The Balaban J connectivity index is 2.32. The second-order valence-electron chi connectivity index (χ2n) is 5.35. The third kappa shape index (κ3) is 6.19. The van der Waals surface area contributed by atoms with Crippen molar-refractivity contribution in [3.05, 3.63) is 11.9 Å². The van der Waals surface area contributed by atoms with Crippen molar-refractivity contribution in [1.29, 1.82) is 0 Å². The number of nitrogens with zero attached hydrogens (tertiary/aromatic N) is 3. The highest BCUT2D eigenvalue weighted by molar-refractivity contribution is 5.01. The molecule has 0 amide bonds. The first kappa shape index (κ1) is 16.2. The Bertz CT molecular complexity index is 322. The molecule has 110 valence electrons. The van der Waals surface area contributed by atoms with Crippen molar-refractivity contribution in [2.45, 2.75) is 71.3 Å². The van der Waals surface area contributed by atoms with Gasteiger partial charge in [-0.25, -0.2) is 0 Å². The van der Waals surface area contributed by atoms with Crippen LogP contribution in [0.15, 0.2) is 6.20 Å². The van der Waals surface area contributed by atoms with Crippen molar-refractivity contribution in [1.82, 2.24) is 20.3 Å². The molecule has 0 aliphatic rings. The molecule has 1 N–H and O–H groups in total. The van der Waals surface area contributed by atoms with E-state index in [0.29, 0.717) is 6.04 Å². The van der Waals surface area contributed by atoms with Gasteiger partial charge in [0.25, 0.3) is 0 Å². The third-order valence-electron chi connectivity index (χ3n) is 3.59. The van der Waals surface area contributed by atoms with Crippen LogP contribution in [0, 0.1) is 0 Å². The SMILES string of the molecule is CCCCCCCCC(NCCC)c1cnnn1C. The first-order chi connectivity index (χ1) is 9.29. The zero-order chi connectivity index (χ0) is 13.9. The lowest BCUT2D eigenvalue weighted by atomic mass is 10.0. The van der Waals surface area contributed by atoms with Gasteiger partial charge < -0.3 is 5.32 Å². The maximum Gasteiger partial charge on any atom is 0.0753 e. The summed E-state index contributed by atoms with van der Waals surface area (Å²) in [5.41, 5.74) is 1.21. The standard InChI is InChI=1S/C15H30N4/c1-4-6-7-8-9-10-11-14(16-12-5-2)15-13-17-18-19(15)3/h13-14,16H,4-12H2,1-3H3. The van der Waals surface area contributed by atoms with Gasteiger partial charge in [0.05, 0.1) is 17.9 Å². The molecule has 19 heavy (non-hydrogen) atoms. The van der Waals surface area contributed by atoms with Gasteiger partial charge in [0.1, 0.15) is 0 Å². The van der Waals surface area contributed by atoms with Crippen LogP contribution in [0.25, 0.3) is 0 Å². The number of hydrogen-bond acceptors (Lipinski definition) is 3. The molecule has 0 fully saturated rings. The molecular formula is C15H30N4. The molecule has 0 bridgehead atoms. The Morgan fingerprint density at radius 1 is 1.11 bits per heavy atom. The van der Waals surface area contributed by atoms with Gasteiger partial charge in [-0.15, -0.1) is 5.10 Å². The van der Waals surface area contributed by atoms with Crippen molar-refractivity contribution < 1.29 is 0 Å². The molecule has 0 saturated carbocycles. The van der Waals surface area contributed by atoms with E-state index in [-0.39, 0.29) is 0 Å². The monoisotopic (exact) mass is 266 g/mol. The molecule has 0 aromatic carbocycles. The molecule has 4 nitrogen and oxygen atoms in total. The van der Waals surface area contributed by atoms with Crippen LogP contribution in [0.4, 0.5) is 0 Å². The lowest BCUT2D eigenvalue weighted by Crippen LogP contribution is -2.24. The lowest BCUT2D eigenvalue weighted by molar-refractivity contribution is 0.442. The van der Waals surface area contributed by atoms with E-state index in [1.807, 2.05) is 17.9 Å². The van der Waals surface area contributed by atoms with Crippen LogP contribution in [0.1, 0.15) is 76.9 Å². The number of aryl methyl sites for hydroxylation is 1. The maximum atomic E-state index is 4.04. The predicted molar refractivity (Wildman–Crippen MR) is 80.0 cm³/mol. The number of nitrogens with one attached hydrogen (secondary N) is 1. The van der Waals surface area contributed by atoms with Crippen molar-refractivity contribution in [3.63, 3.8) is 0 Å². The smallest absolute Gasteiger partial charge is 0.0753 e. The fourth-order valence-electron chi connectivity index (χ4n) is 2.42. The minimum absolute atomic E-state index is 0.408. The van der Waals surface area contributed by atoms with E-state index in [1.54, 1.807) is 0 Å². The number of rotatable bonds is 11. The fraction of sp³-hybridized carbons (Fsp3) is 0.867. The number of hydrogen-bond donors (Lipinski definition) is 1. The van der Waals surface area contributed by atoms with E-state index in [0.717, 1.165) is 13.0 Å². The molecular weight excluding hydrogens is 236 g/mol. The zero-order valence-corrected chi connectivity index (χ0v) is 12.9. The largest absolute Gasteiger partial charge is 0.309 e. The van der Waals surface area contributed by atoms with Gasteiger partial charge >= 0.3 is 0 Å². The highest BCUT2D eigenvalue weighted by Crippen LogP contribution is 2.19. The van der Waals surface area contributed by atoms with E-state index in [4.69, 9.17) is 0 Å². The lowest BCUT2D eigenvalue weighted by Gasteiger charge is -2.18. The van der Waals surface area contributed by atoms with Crippen LogP contribution < -0.4 is 5.32 Å². The highest BCUT2D eigenvalue weighted by Gasteiger charge is 2.14. The summed E-state index contributed by atoms with van der Waals surface area (Å²) in [5, 5.41) is 11.6. The first-order valence-electron chi connectivity index (χ1n) is 7.87. The first-order valence-corrected chi connectivity index (χ1v) is 7.87. The molecule has 0 aliphatic carbocycles. The van der Waals surface area contributed by atoms with Crippen molar-refractivity contribution in [3.8, 4) is 0 Å². The van der Waals surface area contributed by atoms with E-state index in [9.17, 15) is 0 Å². The normalized spacial score (nSPS) is 12.8. The maximum absolute atomic E-state index is 4.04. The van der Waals surface area contributed by atoms with E-state index >= 15 is 0 Å². The molecule has 1 heterocycles. The van der Waals surface area contributed by atoms with E-state index in [2.05, 4.69) is 29.5 Å². The molecule has 0 radical (unpaired) electrons. The Labute approximate surface area is 118 Å². The van der Waals surface area contributed by atoms with Gasteiger partial charge in [-0.1, -0.05) is 57.6 Å². The summed E-state index contributed by atoms with van der Waals surface area (Å²) in [5.74, 6) is 0. The Morgan fingerprint density at radius 2 is 1.84 bits per heavy atom. The van der Waals surface area contributed by atoms with Crippen molar-refractivity contribution >= 4 is 0 Å². The van der Waals surface area contributed by atoms with E-state index in [1.165, 1.54) is 50.6 Å². The van der Waals surface area contributed by atoms with Gasteiger partial charge in [0, 0.05) is 7.05 Å². The average Bonchev–Trinajstić information content (AvgIpc) is 2.83. The quantitative estimate of drug-likeness (QED) is 0.622. The van der Waals surface area contributed by atoms with Crippen molar-refractivity contribution in [2.75, 3.05) is 6.54 Å². The Kier molecular flexibility index (Phi) is 8.47. The summed E-state index contributed by atoms with van der Waals surface area (Å²) < 4.78 is 1.89. The van der Waals surface area contributed by atoms with Gasteiger partial charge in [-0.2, -0.15) is 0 Å². The molecule has 1 atom stereocenters. The Hall–Kier alpha value is -0.900. The molecule has 1 aromatic rings. The van der Waals surface area contributed by atoms with Crippen molar-refractivity contribution in [2.24, 2.45) is 7.05 Å². The van der Waals surface area contributed by atoms with Gasteiger partial charge in [-0.3, -0.25) is 4.68 Å². The molecule has 1 aromatic heterocycles. The highest BCUT2D eigenvalue weighted by atomic mass is 15.4. The summed E-state index contributed by atoms with van der Waals surface area (Å²) in [4.78, 5) is 0. The summed E-state index contributed by atoms with van der Waals surface area (Å²) in [7, 11) is 1.98. The van der Waals surface area contributed by atoms with Crippen LogP contribution in [0.2, 0.25) is 0 Å². The van der Waals surface area contributed by atoms with Crippen LogP contribution >= 0.6 is 0 Å². The Morgan fingerprint density at radius 3 is 2.47 bits per heavy atom. The predicted octanol–water partition coefficient (Wildman–Crippen LogP) is 3.61. The molecule has 1 unspecified atom stereocenters. The number of aromatic nitrogens is 3. The van der Waals surface area contributed by atoms with Gasteiger partial charge in [0.15, 0.2) is 0 Å². The van der Waals surface area contributed by atoms with Gasteiger partial charge in [0.2, 0.25) is 0 Å². The molecule has 0 aliphatic heterocycles. The molecule has 4 heteroatoms. The second kappa shape index (κ2) is 9.96. The third-order valence-corrected chi connectivity index (χ3v) is 3.59. The van der Waals surface area contributed by atoms with E-state index < -0.39 is 0 Å². The van der Waals surface area contributed by atoms with Crippen LogP contribution in [-0.2, 0) is 7.05 Å². The second-order valence-corrected chi connectivity index (χ2v) is 5.35. The fourth-order valence-corrected chi connectivity index (χ4v) is 2.42. The summed E-state index contributed by atoms with van der Waals surface area (Å²) in [6, 6.07) is 0.408. The molecule has 0 spiro atoms. The van der Waals surface area contributed by atoms with Crippen LogP contribution in [0.5, 0.6) is 0 Å². The minimum atomic E-state index is 0.408. The summed E-state index contributed by atoms with van der Waals surface area (Å²) >= 11 is 0. The summed E-state index contributed by atoms with van der Waals surface area (Å²) in [6.45, 7) is 5.53. The molecule has 0 saturated heterocycles. The van der Waals surface area contributed by atoms with Gasteiger partial charge in [-0.05, 0) is 19.4 Å². The van der Waals surface area contributed by atoms with Crippen LogP contribution in [0.3, 0.4) is 0 Å². The summed E-state index contributed by atoms with van der Waals surface area (Å²) in [6.07, 6.45) is 12.3. The minimum Gasteiger partial charge on any atom is -0.309 e. The topological polar surface area (TPSA) is 42.7 Å². The molecule has 1 rings (SSSR count). The zero-order valence-electron chi connectivity index (χ0n) is 12.9. The van der Waals surface area contributed by atoms with Crippen LogP contribution in [-0.4, -0.2) is 21.5 Å².